The molecule has 4 heteroatoms. The molecule has 0 saturated carbocycles. The molecule has 1 atom stereocenters. The first-order valence-electron chi connectivity index (χ1n) is 7.55. The molecule has 2 N–H and O–H groups in total. The van der Waals surface area contributed by atoms with Gasteiger partial charge < -0.3 is 10.1 Å². The summed E-state index contributed by atoms with van der Waals surface area (Å²) in [5, 5.41) is 11.5. The number of fused-ring (bicyclic) bond motifs is 1. The van der Waals surface area contributed by atoms with Gasteiger partial charge in [-0.15, -0.1) is 5.10 Å². The van der Waals surface area contributed by atoms with Crippen LogP contribution < -0.4 is 10.1 Å². The number of methoxy groups -OCH3 is 1. The lowest BCUT2D eigenvalue weighted by molar-refractivity contribution is 0.401. The summed E-state index contributed by atoms with van der Waals surface area (Å²) in [5.74, 6) is 1.01. The summed E-state index contributed by atoms with van der Waals surface area (Å²) in [7, 11) is 3.63. The van der Waals surface area contributed by atoms with Gasteiger partial charge in [0.15, 0.2) is 0 Å². The van der Waals surface area contributed by atoms with Gasteiger partial charge in [0, 0.05) is 5.92 Å². The van der Waals surface area contributed by atoms with Crippen LogP contribution in [0.4, 0.5) is 0 Å². The molecule has 1 aromatic heterocycles. The second-order valence-corrected chi connectivity index (χ2v) is 5.39. The van der Waals surface area contributed by atoms with E-state index in [0.717, 1.165) is 23.9 Å². The molecule has 4 nitrogen and oxygen atoms in total. The summed E-state index contributed by atoms with van der Waals surface area (Å²) >= 11 is 0. The van der Waals surface area contributed by atoms with E-state index >= 15 is 0 Å². The maximum absolute atomic E-state index is 5.26. The molecule has 3 rings (SSSR count). The summed E-state index contributed by atoms with van der Waals surface area (Å²) in [6.45, 7) is 0.976. The molecule has 2 aromatic carbocycles. The van der Waals surface area contributed by atoms with Crippen LogP contribution >= 0.6 is 0 Å². The van der Waals surface area contributed by atoms with Crippen LogP contribution in [0.5, 0.6) is 5.88 Å². The molecule has 0 spiro atoms. The van der Waals surface area contributed by atoms with Gasteiger partial charge in [0.25, 0.3) is 0 Å². The first kappa shape index (κ1) is 14.6. The van der Waals surface area contributed by atoms with Crippen molar-refractivity contribution in [1.82, 2.24) is 15.5 Å². The Morgan fingerprint density at radius 3 is 2.68 bits per heavy atom. The minimum Gasteiger partial charge on any atom is -0.480 e. The van der Waals surface area contributed by atoms with Crippen LogP contribution in [-0.4, -0.2) is 30.9 Å². The first-order valence-corrected chi connectivity index (χ1v) is 7.55. The van der Waals surface area contributed by atoms with Crippen molar-refractivity contribution in [2.45, 2.75) is 12.3 Å². The Morgan fingerprint density at radius 2 is 1.95 bits per heavy atom. The Morgan fingerprint density at radius 1 is 1.14 bits per heavy atom. The van der Waals surface area contributed by atoms with Crippen LogP contribution in [0.15, 0.2) is 48.5 Å². The molecular formula is C18H21N3O. The van der Waals surface area contributed by atoms with E-state index in [1.165, 1.54) is 11.1 Å². The molecule has 0 bridgehead atoms. The van der Waals surface area contributed by atoms with Gasteiger partial charge in [0.05, 0.1) is 18.0 Å². The topological polar surface area (TPSA) is 49.9 Å². The molecule has 0 fully saturated rings. The lowest BCUT2D eigenvalue weighted by Gasteiger charge is -2.18. The highest BCUT2D eigenvalue weighted by Gasteiger charge is 2.15. The van der Waals surface area contributed by atoms with E-state index < -0.39 is 0 Å². The van der Waals surface area contributed by atoms with Crippen molar-refractivity contribution >= 4 is 10.9 Å². The minimum absolute atomic E-state index is 0.368. The highest BCUT2D eigenvalue weighted by molar-refractivity contribution is 5.84. The zero-order chi connectivity index (χ0) is 15.4. The second-order valence-electron chi connectivity index (χ2n) is 5.39. The maximum atomic E-state index is 5.26. The Balaban J connectivity index is 2.00. The number of benzene rings is 2. The summed E-state index contributed by atoms with van der Waals surface area (Å²) < 4.78 is 5.26. The molecule has 0 amide bonds. The van der Waals surface area contributed by atoms with Crippen molar-refractivity contribution in [3.05, 3.63) is 59.7 Å². The predicted octanol–water partition coefficient (Wildman–Crippen LogP) is 3.31. The largest absolute Gasteiger partial charge is 0.480 e. The van der Waals surface area contributed by atoms with Crippen molar-refractivity contribution < 1.29 is 4.74 Å². The molecule has 0 radical (unpaired) electrons. The fraction of sp³-hybridized carbons (Fsp3) is 0.278. The fourth-order valence-corrected chi connectivity index (χ4v) is 2.88. The van der Waals surface area contributed by atoms with Gasteiger partial charge in [0.1, 0.15) is 0 Å². The van der Waals surface area contributed by atoms with Crippen LogP contribution in [0.25, 0.3) is 10.9 Å². The number of rotatable bonds is 6. The van der Waals surface area contributed by atoms with Crippen LogP contribution in [0.2, 0.25) is 0 Å². The van der Waals surface area contributed by atoms with E-state index in [0.29, 0.717) is 11.8 Å². The highest BCUT2D eigenvalue weighted by Crippen LogP contribution is 2.31. The van der Waals surface area contributed by atoms with Gasteiger partial charge in [-0.1, -0.05) is 36.4 Å². The van der Waals surface area contributed by atoms with Gasteiger partial charge >= 0.3 is 0 Å². The highest BCUT2D eigenvalue weighted by atomic mass is 16.5. The summed E-state index contributed by atoms with van der Waals surface area (Å²) in [4.78, 5) is 0. The predicted molar refractivity (Wildman–Crippen MR) is 89.5 cm³/mol. The molecule has 0 saturated heterocycles. The van der Waals surface area contributed by atoms with E-state index in [-0.39, 0.29) is 0 Å². The monoisotopic (exact) mass is 295 g/mol. The van der Waals surface area contributed by atoms with E-state index in [1.807, 2.05) is 7.05 Å². The quantitative estimate of drug-likeness (QED) is 0.733. The molecule has 0 aliphatic rings. The van der Waals surface area contributed by atoms with Gasteiger partial charge in [-0.2, -0.15) is 0 Å². The van der Waals surface area contributed by atoms with Crippen molar-refractivity contribution in [1.29, 1.82) is 0 Å². The molecule has 3 aromatic rings. The third-order valence-electron chi connectivity index (χ3n) is 4.03. The molecule has 0 aliphatic carbocycles. The number of nitrogens with one attached hydrogen (secondary N) is 2. The van der Waals surface area contributed by atoms with Crippen molar-refractivity contribution in [2.75, 3.05) is 20.7 Å². The number of aromatic nitrogens is 2. The first-order chi connectivity index (χ1) is 10.8. The van der Waals surface area contributed by atoms with Crippen molar-refractivity contribution in [3.63, 3.8) is 0 Å². The number of hydrogen-bond acceptors (Lipinski definition) is 3. The van der Waals surface area contributed by atoms with E-state index in [4.69, 9.17) is 4.74 Å². The smallest absolute Gasteiger partial charge is 0.240 e. The Labute approximate surface area is 130 Å². The normalized spacial score (nSPS) is 12.5. The average Bonchev–Trinajstić information content (AvgIpc) is 2.98. The maximum Gasteiger partial charge on any atom is 0.240 e. The third-order valence-corrected chi connectivity index (χ3v) is 4.03. The van der Waals surface area contributed by atoms with Crippen molar-refractivity contribution in [3.8, 4) is 5.88 Å². The second kappa shape index (κ2) is 6.62. The molecule has 0 aliphatic heterocycles. The van der Waals surface area contributed by atoms with Gasteiger partial charge in [-0.25, -0.2) is 0 Å². The Bertz CT molecular complexity index is 736. The number of H-pyrrole nitrogens is 1. The van der Waals surface area contributed by atoms with Crippen LogP contribution in [0.3, 0.4) is 0 Å². The van der Waals surface area contributed by atoms with Gasteiger partial charge in [-0.05, 0) is 43.3 Å². The van der Waals surface area contributed by atoms with Crippen LogP contribution in [-0.2, 0) is 0 Å². The standard InChI is InChI=1S/C18H21N3O/c1-19-11-10-15(13-6-4-3-5-7-13)14-8-9-16-17(12-14)20-21-18(16)22-2/h3-9,12,15,19H,10-11H2,1-2H3,(H,20,21)/t15-/m1/s1. The Hall–Kier alpha value is -2.33. The van der Waals surface area contributed by atoms with Crippen LogP contribution in [0.1, 0.15) is 23.5 Å². The van der Waals surface area contributed by atoms with E-state index in [9.17, 15) is 0 Å². The number of ether oxygens (including phenoxy) is 1. The number of hydrogen-bond donors (Lipinski definition) is 2. The zero-order valence-corrected chi connectivity index (χ0v) is 13.0. The minimum atomic E-state index is 0.368. The molecule has 22 heavy (non-hydrogen) atoms. The van der Waals surface area contributed by atoms with Crippen LogP contribution in [0, 0.1) is 0 Å². The molecule has 1 heterocycles. The van der Waals surface area contributed by atoms with Gasteiger partial charge in [0.2, 0.25) is 5.88 Å². The molecular weight excluding hydrogens is 274 g/mol. The lowest BCUT2D eigenvalue weighted by atomic mass is 9.88. The lowest BCUT2D eigenvalue weighted by Crippen LogP contribution is -2.13. The summed E-state index contributed by atoms with van der Waals surface area (Å²) in [6, 6.07) is 17.1. The number of nitrogens with zero attached hydrogens (tertiary/aromatic N) is 1. The molecule has 0 unspecified atom stereocenters. The summed E-state index contributed by atoms with van der Waals surface area (Å²) in [6.07, 6.45) is 1.05. The molecule has 114 valence electrons. The number of aromatic amines is 1. The Kier molecular flexibility index (Phi) is 4.39. The zero-order valence-electron chi connectivity index (χ0n) is 13.0. The van der Waals surface area contributed by atoms with Crippen molar-refractivity contribution in [2.24, 2.45) is 0 Å². The average molecular weight is 295 g/mol. The third kappa shape index (κ3) is 2.83. The van der Waals surface area contributed by atoms with E-state index in [2.05, 4.69) is 64.0 Å². The van der Waals surface area contributed by atoms with E-state index in [1.54, 1.807) is 7.11 Å². The summed E-state index contributed by atoms with van der Waals surface area (Å²) in [5.41, 5.74) is 3.64. The van der Waals surface area contributed by atoms with Gasteiger partial charge in [-0.3, -0.25) is 5.10 Å². The SMILES string of the molecule is CNCC[C@H](c1ccccc1)c1ccc2c(OC)n[nH]c2c1. The fourth-order valence-electron chi connectivity index (χ4n) is 2.88.